The lowest BCUT2D eigenvalue weighted by molar-refractivity contribution is -0.141. The van der Waals surface area contributed by atoms with Crippen LogP contribution in [0.15, 0.2) is 35.1 Å². The van der Waals surface area contributed by atoms with E-state index < -0.39 is 0 Å². The summed E-state index contributed by atoms with van der Waals surface area (Å²) in [6.45, 7) is 3.59. The van der Waals surface area contributed by atoms with Crippen LogP contribution >= 0.6 is 0 Å². The predicted octanol–water partition coefficient (Wildman–Crippen LogP) is 2.16. The second-order valence-electron chi connectivity index (χ2n) is 4.88. The summed E-state index contributed by atoms with van der Waals surface area (Å²) in [5.74, 6) is 0.300. The summed E-state index contributed by atoms with van der Waals surface area (Å²) in [6, 6.07) is 10.7. The molecule has 6 nitrogen and oxygen atoms in total. The lowest BCUT2D eigenvalue weighted by Gasteiger charge is -2.09. The molecule has 2 rings (SSSR count). The van der Waals surface area contributed by atoms with E-state index in [2.05, 4.69) is 4.98 Å². The highest BCUT2D eigenvalue weighted by molar-refractivity contribution is 5.67. The number of benzene rings is 1. The van der Waals surface area contributed by atoms with Crippen molar-refractivity contribution in [2.45, 2.75) is 13.8 Å². The van der Waals surface area contributed by atoms with Crippen LogP contribution in [0.4, 0.5) is 0 Å². The van der Waals surface area contributed by atoms with Gasteiger partial charge < -0.3 is 14.5 Å². The molecule has 2 aromatic rings. The van der Waals surface area contributed by atoms with Crippen molar-refractivity contribution in [3.05, 3.63) is 51.9 Å². The lowest BCUT2D eigenvalue weighted by atomic mass is 10.0. The van der Waals surface area contributed by atoms with Gasteiger partial charge in [-0.05, 0) is 30.7 Å². The number of esters is 1. The van der Waals surface area contributed by atoms with Gasteiger partial charge >= 0.3 is 5.97 Å². The van der Waals surface area contributed by atoms with Crippen molar-refractivity contribution >= 4 is 5.97 Å². The fraction of sp³-hybridized carbons (Fsp3) is 0.235. The monoisotopic (exact) mass is 312 g/mol. The van der Waals surface area contributed by atoms with E-state index in [-0.39, 0.29) is 30.3 Å². The van der Waals surface area contributed by atoms with Gasteiger partial charge in [0.2, 0.25) is 0 Å². The standard InChI is InChI=1S/C17H16N2O4/c1-11-16(9-14(10-18)17(21)19-11)13-3-5-15(6-4-13)23-8-7-22-12(2)20/h3-6,9H,7-8H2,1-2H3,(H,19,21). The van der Waals surface area contributed by atoms with Crippen molar-refractivity contribution in [3.8, 4) is 22.9 Å². The number of carbonyl (C=O) groups is 1. The number of ether oxygens (including phenoxy) is 2. The summed E-state index contributed by atoms with van der Waals surface area (Å²) in [4.78, 5) is 24.9. The first-order valence-electron chi connectivity index (χ1n) is 7.02. The van der Waals surface area contributed by atoms with Gasteiger partial charge in [0, 0.05) is 18.2 Å². The Labute approximate surface area is 133 Å². The van der Waals surface area contributed by atoms with Gasteiger partial charge in [-0.15, -0.1) is 0 Å². The zero-order valence-corrected chi connectivity index (χ0v) is 12.9. The molecule has 0 fully saturated rings. The maximum atomic E-state index is 11.6. The van der Waals surface area contributed by atoms with Crippen molar-refractivity contribution in [1.29, 1.82) is 5.26 Å². The van der Waals surface area contributed by atoms with Crippen LogP contribution in [-0.2, 0) is 9.53 Å². The van der Waals surface area contributed by atoms with Gasteiger partial charge in [-0.2, -0.15) is 5.26 Å². The van der Waals surface area contributed by atoms with Crippen molar-refractivity contribution < 1.29 is 14.3 Å². The number of pyridine rings is 1. The highest BCUT2D eigenvalue weighted by Crippen LogP contribution is 2.24. The smallest absolute Gasteiger partial charge is 0.302 e. The van der Waals surface area contributed by atoms with Crippen LogP contribution in [0, 0.1) is 18.3 Å². The summed E-state index contributed by atoms with van der Waals surface area (Å²) >= 11 is 0. The van der Waals surface area contributed by atoms with Gasteiger partial charge in [0.1, 0.15) is 30.6 Å². The van der Waals surface area contributed by atoms with E-state index in [4.69, 9.17) is 14.7 Å². The molecule has 1 heterocycles. The number of hydrogen-bond donors (Lipinski definition) is 1. The van der Waals surface area contributed by atoms with Crippen molar-refractivity contribution in [2.24, 2.45) is 0 Å². The van der Waals surface area contributed by atoms with E-state index >= 15 is 0 Å². The molecule has 0 bridgehead atoms. The van der Waals surface area contributed by atoms with Crippen LogP contribution in [0.1, 0.15) is 18.2 Å². The molecule has 0 saturated carbocycles. The number of nitrogens with zero attached hydrogens (tertiary/aromatic N) is 1. The molecular formula is C17H16N2O4. The second kappa shape index (κ2) is 7.27. The van der Waals surface area contributed by atoms with E-state index in [9.17, 15) is 9.59 Å². The molecule has 0 unspecified atom stereocenters. The van der Waals surface area contributed by atoms with E-state index in [1.54, 1.807) is 25.1 Å². The fourth-order valence-corrected chi connectivity index (χ4v) is 2.08. The number of aromatic nitrogens is 1. The Hall–Kier alpha value is -3.07. The lowest BCUT2D eigenvalue weighted by Crippen LogP contribution is -2.12. The zero-order valence-electron chi connectivity index (χ0n) is 12.9. The highest BCUT2D eigenvalue weighted by Gasteiger charge is 2.07. The van der Waals surface area contributed by atoms with Gasteiger partial charge in [-0.25, -0.2) is 0 Å². The Morgan fingerprint density at radius 2 is 1.96 bits per heavy atom. The van der Waals surface area contributed by atoms with Gasteiger partial charge in [0.25, 0.3) is 5.56 Å². The van der Waals surface area contributed by atoms with Crippen molar-refractivity contribution in [2.75, 3.05) is 13.2 Å². The SMILES string of the molecule is CC(=O)OCCOc1ccc(-c2cc(C#N)c(=O)[nH]c2C)cc1. The molecule has 1 N–H and O–H groups in total. The van der Waals surface area contributed by atoms with Gasteiger partial charge in [0.15, 0.2) is 0 Å². The molecule has 1 aromatic heterocycles. The molecule has 1 aromatic carbocycles. The molecule has 0 aliphatic carbocycles. The largest absolute Gasteiger partial charge is 0.490 e. The van der Waals surface area contributed by atoms with Crippen LogP contribution in [-0.4, -0.2) is 24.2 Å². The Kier molecular flexibility index (Phi) is 5.15. The predicted molar refractivity (Wildman–Crippen MR) is 84.1 cm³/mol. The van der Waals surface area contributed by atoms with E-state index in [0.29, 0.717) is 11.4 Å². The molecule has 0 aliphatic heterocycles. The molecular weight excluding hydrogens is 296 g/mol. The number of nitrogens with one attached hydrogen (secondary N) is 1. The first kappa shape index (κ1) is 16.3. The van der Waals surface area contributed by atoms with E-state index in [1.807, 2.05) is 18.2 Å². The fourth-order valence-electron chi connectivity index (χ4n) is 2.08. The number of nitriles is 1. The van der Waals surface area contributed by atoms with Gasteiger partial charge in [0.05, 0.1) is 0 Å². The maximum absolute atomic E-state index is 11.6. The normalized spacial score (nSPS) is 9.96. The van der Waals surface area contributed by atoms with Crippen LogP contribution in [0.5, 0.6) is 5.75 Å². The third kappa shape index (κ3) is 4.20. The molecule has 0 spiro atoms. The Bertz CT molecular complexity index is 801. The summed E-state index contributed by atoms with van der Waals surface area (Å²) in [5.41, 5.74) is 2.03. The molecule has 0 atom stereocenters. The Balaban J connectivity index is 2.12. The Morgan fingerprint density at radius 3 is 2.57 bits per heavy atom. The number of carbonyl (C=O) groups excluding carboxylic acids is 1. The minimum absolute atomic E-state index is 0.0762. The summed E-state index contributed by atoms with van der Waals surface area (Å²) in [6.07, 6.45) is 0. The molecule has 23 heavy (non-hydrogen) atoms. The average Bonchev–Trinajstić information content (AvgIpc) is 2.52. The average molecular weight is 312 g/mol. The Morgan fingerprint density at radius 1 is 1.26 bits per heavy atom. The molecule has 0 amide bonds. The van der Waals surface area contributed by atoms with E-state index in [1.165, 1.54) is 6.92 Å². The number of aromatic amines is 1. The first-order chi connectivity index (χ1) is 11.0. The summed E-state index contributed by atoms with van der Waals surface area (Å²) in [5, 5.41) is 8.96. The molecule has 0 radical (unpaired) electrons. The highest BCUT2D eigenvalue weighted by atomic mass is 16.6. The van der Waals surface area contributed by atoms with E-state index in [0.717, 1.165) is 11.1 Å². The molecule has 6 heteroatoms. The number of aryl methyl sites for hydroxylation is 1. The quantitative estimate of drug-likeness (QED) is 0.674. The van der Waals surface area contributed by atoms with Crippen molar-refractivity contribution in [3.63, 3.8) is 0 Å². The molecule has 0 aliphatic rings. The first-order valence-corrected chi connectivity index (χ1v) is 7.02. The minimum atomic E-state index is -0.390. The number of hydrogen-bond acceptors (Lipinski definition) is 5. The van der Waals surface area contributed by atoms with Crippen molar-refractivity contribution in [1.82, 2.24) is 4.98 Å². The molecule has 0 saturated heterocycles. The van der Waals surface area contributed by atoms with Gasteiger partial charge in [-0.1, -0.05) is 12.1 Å². The maximum Gasteiger partial charge on any atom is 0.302 e. The van der Waals surface area contributed by atoms with Crippen LogP contribution in [0.2, 0.25) is 0 Å². The van der Waals surface area contributed by atoms with Crippen LogP contribution < -0.4 is 10.3 Å². The minimum Gasteiger partial charge on any atom is -0.490 e. The third-order valence-corrected chi connectivity index (χ3v) is 3.18. The topological polar surface area (TPSA) is 92.2 Å². The summed E-state index contributed by atoms with van der Waals surface area (Å²) < 4.78 is 10.2. The van der Waals surface area contributed by atoms with Gasteiger partial charge in [-0.3, -0.25) is 9.59 Å². The van der Waals surface area contributed by atoms with Crippen LogP contribution in [0.3, 0.4) is 0 Å². The second-order valence-corrected chi connectivity index (χ2v) is 4.88. The zero-order chi connectivity index (χ0) is 16.8. The third-order valence-electron chi connectivity index (χ3n) is 3.18. The summed E-state index contributed by atoms with van der Waals surface area (Å²) in [7, 11) is 0. The number of rotatable bonds is 5. The van der Waals surface area contributed by atoms with Crippen LogP contribution in [0.25, 0.3) is 11.1 Å². The number of H-pyrrole nitrogens is 1. The molecule has 118 valence electrons.